The minimum Gasteiger partial charge on any atom is -0.337 e. The Morgan fingerprint density at radius 1 is 1.35 bits per heavy atom. The van der Waals surface area contributed by atoms with E-state index in [4.69, 9.17) is 0 Å². The normalized spacial score (nSPS) is 18.0. The monoisotopic (exact) mass is 313 g/mol. The number of carbonyl (C=O) groups excluding carboxylic acids is 1. The number of aryl methyl sites for hydroxylation is 1. The predicted molar refractivity (Wildman–Crippen MR) is 85.4 cm³/mol. The van der Waals surface area contributed by atoms with Crippen molar-refractivity contribution in [3.8, 4) is 0 Å². The zero-order valence-electron chi connectivity index (χ0n) is 13.0. The molecular weight excluding hydrogens is 293 g/mol. The van der Waals surface area contributed by atoms with E-state index in [0.717, 1.165) is 44.3 Å². The third-order valence-corrected chi connectivity index (χ3v) is 4.32. The lowest BCUT2D eigenvalue weighted by Crippen LogP contribution is -2.40. The lowest BCUT2D eigenvalue weighted by Gasteiger charge is -2.32. The molecule has 120 valence electrons. The number of hydrogen-bond acceptors (Lipinski definition) is 3. The lowest BCUT2D eigenvalue weighted by molar-refractivity contribution is 0.0662. The molecule has 0 bridgehead atoms. The van der Waals surface area contributed by atoms with Crippen LogP contribution in [0.5, 0.6) is 0 Å². The van der Waals surface area contributed by atoms with Gasteiger partial charge in [0, 0.05) is 25.5 Å². The van der Waals surface area contributed by atoms with Gasteiger partial charge in [0.15, 0.2) is 0 Å². The van der Waals surface area contributed by atoms with Gasteiger partial charge < -0.3 is 4.90 Å². The van der Waals surface area contributed by atoms with E-state index in [2.05, 4.69) is 9.97 Å². The number of halogens is 1. The summed E-state index contributed by atoms with van der Waals surface area (Å²) >= 11 is 0. The van der Waals surface area contributed by atoms with Gasteiger partial charge in [-0.3, -0.25) is 9.78 Å². The summed E-state index contributed by atoms with van der Waals surface area (Å²) in [4.78, 5) is 22.3. The first-order valence-electron chi connectivity index (χ1n) is 8.02. The van der Waals surface area contributed by atoms with Crippen LogP contribution in [-0.4, -0.2) is 33.9 Å². The van der Waals surface area contributed by atoms with E-state index in [0.29, 0.717) is 11.6 Å². The second kappa shape index (κ2) is 7.31. The number of carbonyl (C=O) groups is 1. The highest BCUT2D eigenvalue weighted by Gasteiger charge is 2.25. The number of nitrogens with zero attached hydrogens (tertiary/aromatic N) is 3. The van der Waals surface area contributed by atoms with Crippen LogP contribution in [0.4, 0.5) is 4.39 Å². The van der Waals surface area contributed by atoms with Crippen LogP contribution in [0, 0.1) is 11.7 Å². The maximum atomic E-state index is 13.2. The van der Waals surface area contributed by atoms with Crippen molar-refractivity contribution in [2.24, 2.45) is 5.92 Å². The second-order valence-corrected chi connectivity index (χ2v) is 6.02. The van der Waals surface area contributed by atoms with Crippen molar-refractivity contribution < 1.29 is 9.18 Å². The molecule has 23 heavy (non-hydrogen) atoms. The molecule has 1 fully saturated rings. The molecule has 5 heteroatoms. The molecule has 1 amide bonds. The predicted octanol–water partition coefficient (Wildman–Crippen LogP) is 3.10. The summed E-state index contributed by atoms with van der Waals surface area (Å²) in [6.45, 7) is 1.51. The van der Waals surface area contributed by atoms with Gasteiger partial charge in [0.05, 0.1) is 6.20 Å². The zero-order chi connectivity index (χ0) is 16.1. The van der Waals surface area contributed by atoms with Crippen molar-refractivity contribution in [3.63, 3.8) is 0 Å². The van der Waals surface area contributed by atoms with Gasteiger partial charge in [-0.15, -0.1) is 0 Å². The van der Waals surface area contributed by atoms with Crippen LogP contribution in [0.25, 0.3) is 0 Å². The van der Waals surface area contributed by atoms with Crippen molar-refractivity contribution in [2.75, 3.05) is 13.1 Å². The molecule has 0 N–H and O–H groups in total. The molecule has 1 aliphatic rings. The average Bonchev–Trinajstić information content (AvgIpc) is 2.60. The quantitative estimate of drug-likeness (QED) is 0.871. The highest BCUT2D eigenvalue weighted by Crippen LogP contribution is 2.22. The van der Waals surface area contributed by atoms with Crippen molar-refractivity contribution in [3.05, 3.63) is 59.9 Å². The van der Waals surface area contributed by atoms with Gasteiger partial charge in [0.1, 0.15) is 11.5 Å². The molecule has 1 saturated heterocycles. The largest absolute Gasteiger partial charge is 0.337 e. The minimum absolute atomic E-state index is 0.0476. The van der Waals surface area contributed by atoms with Crippen LogP contribution in [0.3, 0.4) is 0 Å². The third kappa shape index (κ3) is 4.12. The van der Waals surface area contributed by atoms with Gasteiger partial charge in [-0.1, -0.05) is 12.1 Å². The van der Waals surface area contributed by atoms with Gasteiger partial charge in [-0.2, -0.15) is 0 Å². The Kier molecular flexibility index (Phi) is 4.95. The van der Waals surface area contributed by atoms with Crippen molar-refractivity contribution in [1.29, 1.82) is 0 Å². The molecule has 0 saturated carbocycles. The summed E-state index contributed by atoms with van der Waals surface area (Å²) in [7, 11) is 0. The molecule has 0 spiro atoms. The number of likely N-dealkylation sites (tertiary alicyclic amines) is 1. The van der Waals surface area contributed by atoms with E-state index in [1.165, 1.54) is 12.3 Å². The maximum absolute atomic E-state index is 13.2. The van der Waals surface area contributed by atoms with Gasteiger partial charge in [-0.25, -0.2) is 9.37 Å². The molecule has 4 nitrogen and oxygen atoms in total. The SMILES string of the molecule is O=C(c1cnccn1)N1CCCC(CCc2cccc(F)c2)C1. The number of benzene rings is 1. The van der Waals surface area contributed by atoms with E-state index < -0.39 is 0 Å². The molecule has 1 atom stereocenters. The van der Waals surface area contributed by atoms with Crippen LogP contribution in [0.15, 0.2) is 42.9 Å². The summed E-state index contributed by atoms with van der Waals surface area (Å²) in [5.74, 6) is 0.215. The summed E-state index contributed by atoms with van der Waals surface area (Å²) in [6, 6.07) is 6.75. The number of aromatic nitrogens is 2. The van der Waals surface area contributed by atoms with E-state index in [-0.39, 0.29) is 11.7 Å². The lowest BCUT2D eigenvalue weighted by atomic mass is 9.91. The fourth-order valence-corrected chi connectivity index (χ4v) is 3.12. The maximum Gasteiger partial charge on any atom is 0.274 e. The number of rotatable bonds is 4. The molecule has 1 aromatic carbocycles. The molecule has 3 rings (SSSR count). The molecule has 1 unspecified atom stereocenters. The molecule has 2 aromatic rings. The molecule has 0 radical (unpaired) electrons. The molecule has 1 aromatic heterocycles. The summed E-state index contributed by atoms with van der Waals surface area (Å²) in [6.07, 6.45) is 8.54. The first-order valence-corrected chi connectivity index (χ1v) is 8.02. The van der Waals surface area contributed by atoms with Gasteiger partial charge in [0.25, 0.3) is 5.91 Å². The van der Waals surface area contributed by atoms with Crippen molar-refractivity contribution >= 4 is 5.91 Å². The second-order valence-electron chi connectivity index (χ2n) is 6.02. The Morgan fingerprint density at radius 3 is 3.04 bits per heavy atom. The highest BCUT2D eigenvalue weighted by atomic mass is 19.1. The first-order chi connectivity index (χ1) is 11.2. The van der Waals surface area contributed by atoms with E-state index in [9.17, 15) is 9.18 Å². The Labute approximate surface area is 135 Å². The van der Waals surface area contributed by atoms with Gasteiger partial charge in [0.2, 0.25) is 0 Å². The fourth-order valence-electron chi connectivity index (χ4n) is 3.12. The van der Waals surface area contributed by atoms with Crippen LogP contribution in [-0.2, 0) is 6.42 Å². The zero-order valence-corrected chi connectivity index (χ0v) is 13.0. The van der Waals surface area contributed by atoms with Crippen molar-refractivity contribution in [2.45, 2.75) is 25.7 Å². The smallest absolute Gasteiger partial charge is 0.274 e. The number of hydrogen-bond donors (Lipinski definition) is 0. The third-order valence-electron chi connectivity index (χ3n) is 4.32. The standard InChI is InChI=1S/C18H20FN3O/c19-16-5-1-3-14(11-16)6-7-15-4-2-10-22(13-15)18(23)17-12-20-8-9-21-17/h1,3,5,8-9,11-12,15H,2,4,6-7,10,13H2. The fraction of sp³-hybridized carbons (Fsp3) is 0.389. The van der Waals surface area contributed by atoms with Crippen LogP contribution in [0.2, 0.25) is 0 Å². The van der Waals surface area contributed by atoms with Crippen molar-refractivity contribution in [1.82, 2.24) is 14.9 Å². The average molecular weight is 313 g/mol. The van der Waals surface area contributed by atoms with E-state index >= 15 is 0 Å². The van der Waals surface area contributed by atoms with Gasteiger partial charge >= 0.3 is 0 Å². The molecule has 0 aliphatic carbocycles. The van der Waals surface area contributed by atoms with E-state index in [1.807, 2.05) is 11.0 Å². The van der Waals surface area contributed by atoms with Crippen LogP contribution < -0.4 is 0 Å². The summed E-state index contributed by atoms with van der Waals surface area (Å²) in [5, 5.41) is 0. The molecule has 1 aliphatic heterocycles. The van der Waals surface area contributed by atoms with Crippen LogP contribution >= 0.6 is 0 Å². The van der Waals surface area contributed by atoms with Crippen LogP contribution in [0.1, 0.15) is 35.3 Å². The van der Waals surface area contributed by atoms with Gasteiger partial charge in [-0.05, 0) is 49.3 Å². The Hall–Kier alpha value is -2.30. The first kappa shape index (κ1) is 15.6. The Balaban J connectivity index is 1.57. The Bertz CT molecular complexity index is 662. The number of amides is 1. The summed E-state index contributed by atoms with van der Waals surface area (Å²) in [5.41, 5.74) is 1.42. The highest BCUT2D eigenvalue weighted by molar-refractivity contribution is 5.92. The van der Waals surface area contributed by atoms with E-state index in [1.54, 1.807) is 24.5 Å². The Morgan fingerprint density at radius 2 is 2.26 bits per heavy atom. The summed E-state index contributed by atoms with van der Waals surface area (Å²) < 4.78 is 13.2. The number of piperidine rings is 1. The molecule has 2 heterocycles. The topological polar surface area (TPSA) is 46.1 Å². The molecular formula is C18H20FN3O. The minimum atomic E-state index is -0.189.